The van der Waals surface area contributed by atoms with Crippen LogP contribution in [0.3, 0.4) is 0 Å². The number of nitrogens with zero attached hydrogens (tertiary/aromatic N) is 5. The number of aromatic nitrogens is 5. The molecular weight excluding hydrogens is 422 g/mol. The minimum Gasteiger partial charge on any atom is -0.419 e. The molecule has 6 aromatic rings. The molecule has 0 aliphatic rings. The van der Waals surface area contributed by atoms with Crippen molar-refractivity contribution >= 4 is 56.9 Å². The molecule has 0 unspecified atom stereocenters. The molecule has 0 spiro atoms. The number of benzene rings is 3. The van der Waals surface area contributed by atoms with Crippen LogP contribution in [-0.4, -0.2) is 24.7 Å². The summed E-state index contributed by atoms with van der Waals surface area (Å²) in [5.41, 5.74) is 5.23. The summed E-state index contributed by atoms with van der Waals surface area (Å²) in [7, 11) is 0. The van der Waals surface area contributed by atoms with Crippen molar-refractivity contribution in [3.05, 3.63) is 95.2 Å². The fourth-order valence-electron chi connectivity index (χ4n) is 3.83. The first-order valence-electron chi connectivity index (χ1n) is 10.1. The summed E-state index contributed by atoms with van der Waals surface area (Å²) in [5, 5.41) is 9.99. The Bertz CT molecular complexity index is 1620. The van der Waals surface area contributed by atoms with E-state index in [0.29, 0.717) is 23.3 Å². The number of rotatable bonds is 4. The Labute approximate surface area is 187 Å². The lowest BCUT2D eigenvalue weighted by molar-refractivity contribution is 0.475. The zero-order chi connectivity index (χ0) is 21.5. The van der Waals surface area contributed by atoms with Crippen molar-refractivity contribution < 1.29 is 4.42 Å². The molecule has 0 radical (unpaired) electrons. The van der Waals surface area contributed by atoms with E-state index in [2.05, 4.69) is 10.2 Å². The topological polar surface area (TPSA) is 69.6 Å². The van der Waals surface area contributed by atoms with Crippen LogP contribution >= 0.6 is 11.6 Å². The van der Waals surface area contributed by atoms with Crippen molar-refractivity contribution in [2.24, 2.45) is 0 Å². The van der Waals surface area contributed by atoms with Gasteiger partial charge in [0.2, 0.25) is 11.8 Å². The van der Waals surface area contributed by atoms with Crippen molar-refractivity contribution in [2.75, 3.05) is 0 Å². The molecule has 0 aliphatic heterocycles. The van der Waals surface area contributed by atoms with E-state index in [0.717, 1.165) is 38.7 Å². The highest BCUT2D eigenvalue weighted by molar-refractivity contribution is 6.31. The largest absolute Gasteiger partial charge is 0.419 e. The van der Waals surface area contributed by atoms with E-state index in [9.17, 15) is 0 Å². The number of hydrogen-bond donors (Lipinski definition) is 0. The van der Waals surface area contributed by atoms with E-state index >= 15 is 0 Å². The first-order valence-corrected chi connectivity index (χ1v) is 10.5. The number of fused-ring (bicyclic) bond motifs is 4. The van der Waals surface area contributed by atoms with Crippen LogP contribution in [-0.2, 0) is 6.54 Å². The number of halogens is 1. The van der Waals surface area contributed by atoms with E-state index in [4.69, 9.17) is 26.0 Å². The van der Waals surface area contributed by atoms with Gasteiger partial charge in [-0.05, 0) is 42.0 Å². The molecule has 0 fully saturated rings. The zero-order valence-corrected chi connectivity index (χ0v) is 17.6. The van der Waals surface area contributed by atoms with E-state index in [-0.39, 0.29) is 0 Å². The van der Waals surface area contributed by atoms with Crippen LogP contribution in [0.1, 0.15) is 17.3 Å². The third kappa shape index (κ3) is 3.31. The van der Waals surface area contributed by atoms with Gasteiger partial charge in [0.1, 0.15) is 12.1 Å². The molecule has 3 aromatic carbocycles. The average Bonchev–Trinajstić information content (AvgIpc) is 3.39. The van der Waals surface area contributed by atoms with Crippen molar-refractivity contribution in [3.63, 3.8) is 0 Å². The first-order chi connectivity index (χ1) is 15.7. The highest BCUT2D eigenvalue weighted by atomic mass is 35.5. The van der Waals surface area contributed by atoms with Crippen LogP contribution in [0.25, 0.3) is 45.3 Å². The summed E-state index contributed by atoms with van der Waals surface area (Å²) in [6, 6.07) is 23.5. The molecule has 7 heteroatoms. The molecule has 3 aromatic heterocycles. The zero-order valence-electron chi connectivity index (χ0n) is 16.8. The minimum atomic E-state index is 0.376. The SMILES string of the molecule is Clc1ccc2c(c1)c1nc3ccccc3nc1n2Cc1nnc(/C=C/c2ccccc2)o1. The summed E-state index contributed by atoms with van der Waals surface area (Å²) in [6.45, 7) is 0.376. The highest BCUT2D eigenvalue weighted by Gasteiger charge is 2.17. The summed E-state index contributed by atoms with van der Waals surface area (Å²) in [5.74, 6) is 0.936. The molecule has 6 nitrogen and oxygen atoms in total. The third-order valence-corrected chi connectivity index (χ3v) is 5.54. The van der Waals surface area contributed by atoms with E-state index in [1.54, 1.807) is 0 Å². The standard InChI is InChI=1S/C25H16ClN5O/c26-17-11-12-21-18(14-17)24-25(28-20-9-5-4-8-19(20)27-24)31(21)15-23-30-29-22(32-23)13-10-16-6-2-1-3-7-16/h1-14H,15H2/b13-10+. The van der Waals surface area contributed by atoms with Gasteiger partial charge in [0.15, 0.2) is 5.65 Å². The minimum absolute atomic E-state index is 0.376. The van der Waals surface area contributed by atoms with E-state index in [1.807, 2.05) is 89.5 Å². The molecule has 0 N–H and O–H groups in total. The average molecular weight is 438 g/mol. The molecule has 0 saturated heterocycles. The predicted octanol–water partition coefficient (Wildman–Crippen LogP) is 5.99. The van der Waals surface area contributed by atoms with Gasteiger partial charge in [0, 0.05) is 16.5 Å². The Kier molecular flexibility index (Phi) is 4.44. The van der Waals surface area contributed by atoms with Crippen LogP contribution < -0.4 is 0 Å². The van der Waals surface area contributed by atoms with Gasteiger partial charge in [-0.1, -0.05) is 54.1 Å². The Morgan fingerprint density at radius 3 is 2.47 bits per heavy atom. The maximum Gasteiger partial charge on any atom is 0.240 e. The molecule has 32 heavy (non-hydrogen) atoms. The van der Waals surface area contributed by atoms with Crippen LogP contribution in [0.4, 0.5) is 0 Å². The van der Waals surface area contributed by atoms with Crippen LogP contribution in [0.5, 0.6) is 0 Å². The summed E-state index contributed by atoms with van der Waals surface area (Å²) >= 11 is 6.29. The molecule has 0 atom stereocenters. The lowest BCUT2D eigenvalue weighted by atomic mass is 10.2. The van der Waals surface area contributed by atoms with Crippen molar-refractivity contribution in [3.8, 4) is 0 Å². The van der Waals surface area contributed by atoms with Crippen LogP contribution in [0.15, 0.2) is 77.2 Å². The van der Waals surface area contributed by atoms with E-state index in [1.165, 1.54) is 0 Å². The van der Waals surface area contributed by atoms with Gasteiger partial charge in [-0.15, -0.1) is 10.2 Å². The summed E-state index contributed by atoms with van der Waals surface area (Å²) in [6.07, 6.45) is 3.75. The second-order valence-corrected chi connectivity index (χ2v) is 7.85. The predicted molar refractivity (Wildman–Crippen MR) is 126 cm³/mol. The lowest BCUT2D eigenvalue weighted by Crippen LogP contribution is -2.01. The van der Waals surface area contributed by atoms with Gasteiger partial charge < -0.3 is 8.98 Å². The maximum absolute atomic E-state index is 6.29. The second kappa shape index (κ2) is 7.59. The van der Waals surface area contributed by atoms with Crippen molar-refractivity contribution in [1.82, 2.24) is 24.7 Å². The Morgan fingerprint density at radius 2 is 1.62 bits per heavy atom. The van der Waals surface area contributed by atoms with Crippen LogP contribution in [0, 0.1) is 0 Å². The molecule has 6 rings (SSSR count). The van der Waals surface area contributed by atoms with Crippen molar-refractivity contribution in [1.29, 1.82) is 0 Å². The summed E-state index contributed by atoms with van der Waals surface area (Å²) in [4.78, 5) is 9.73. The van der Waals surface area contributed by atoms with Gasteiger partial charge in [0.05, 0.1) is 16.6 Å². The van der Waals surface area contributed by atoms with Crippen LogP contribution in [0.2, 0.25) is 5.02 Å². The quantitative estimate of drug-likeness (QED) is 0.338. The Hall–Kier alpha value is -4.03. The monoisotopic (exact) mass is 437 g/mol. The molecule has 0 aliphatic carbocycles. The van der Waals surface area contributed by atoms with Crippen molar-refractivity contribution in [2.45, 2.75) is 6.54 Å². The van der Waals surface area contributed by atoms with Gasteiger partial charge in [-0.2, -0.15) is 0 Å². The lowest BCUT2D eigenvalue weighted by Gasteiger charge is -2.04. The van der Waals surface area contributed by atoms with Gasteiger partial charge in [-0.25, -0.2) is 9.97 Å². The smallest absolute Gasteiger partial charge is 0.240 e. The summed E-state index contributed by atoms with van der Waals surface area (Å²) < 4.78 is 7.92. The number of para-hydroxylation sites is 2. The fraction of sp³-hybridized carbons (Fsp3) is 0.0400. The molecule has 154 valence electrons. The molecule has 0 saturated carbocycles. The third-order valence-electron chi connectivity index (χ3n) is 5.31. The molecule has 0 amide bonds. The van der Waals surface area contributed by atoms with Gasteiger partial charge in [-0.3, -0.25) is 0 Å². The Morgan fingerprint density at radius 1 is 0.844 bits per heavy atom. The van der Waals surface area contributed by atoms with E-state index < -0.39 is 0 Å². The highest BCUT2D eigenvalue weighted by Crippen LogP contribution is 2.31. The normalized spacial score (nSPS) is 11.9. The Balaban J connectivity index is 1.44. The van der Waals surface area contributed by atoms with Gasteiger partial charge >= 0.3 is 0 Å². The fourth-order valence-corrected chi connectivity index (χ4v) is 4.00. The second-order valence-electron chi connectivity index (χ2n) is 7.41. The van der Waals surface area contributed by atoms with Gasteiger partial charge in [0.25, 0.3) is 0 Å². The molecule has 3 heterocycles. The maximum atomic E-state index is 6.29. The molecule has 0 bridgehead atoms. The molecular formula is C25H16ClN5O. The first kappa shape index (κ1) is 18.7. The number of hydrogen-bond acceptors (Lipinski definition) is 5.